The van der Waals surface area contributed by atoms with Gasteiger partial charge in [0.15, 0.2) is 0 Å². The SMILES string of the molecule is CC(=O)NNC(=O)c1cccc(S(=O)(=O)Nc2ccc(OCc3ccccc3)cc2)c1. The van der Waals surface area contributed by atoms with Crippen molar-refractivity contribution in [1.82, 2.24) is 10.9 Å². The van der Waals surface area contributed by atoms with Crippen molar-refractivity contribution >= 4 is 27.5 Å². The molecular weight excluding hydrogens is 418 g/mol. The summed E-state index contributed by atoms with van der Waals surface area (Å²) in [6.45, 7) is 1.64. The third-order valence-electron chi connectivity index (χ3n) is 4.11. The first-order valence-corrected chi connectivity index (χ1v) is 10.8. The van der Waals surface area contributed by atoms with E-state index in [0.29, 0.717) is 18.0 Å². The van der Waals surface area contributed by atoms with Gasteiger partial charge in [-0.1, -0.05) is 36.4 Å². The normalized spacial score (nSPS) is 10.7. The van der Waals surface area contributed by atoms with Gasteiger partial charge in [-0.2, -0.15) is 0 Å². The summed E-state index contributed by atoms with van der Waals surface area (Å²) >= 11 is 0. The van der Waals surface area contributed by atoms with Crippen molar-refractivity contribution in [2.75, 3.05) is 4.72 Å². The second-order valence-electron chi connectivity index (χ2n) is 6.57. The first-order valence-electron chi connectivity index (χ1n) is 9.30. The quantitative estimate of drug-likeness (QED) is 0.490. The van der Waals surface area contributed by atoms with Crippen LogP contribution in [-0.4, -0.2) is 20.2 Å². The lowest BCUT2D eigenvalue weighted by Gasteiger charge is -2.11. The topological polar surface area (TPSA) is 114 Å². The second-order valence-corrected chi connectivity index (χ2v) is 8.25. The maximum absolute atomic E-state index is 12.7. The van der Waals surface area contributed by atoms with Crippen LogP contribution in [0, 0.1) is 0 Å². The first-order chi connectivity index (χ1) is 14.8. The predicted octanol–water partition coefficient (Wildman–Crippen LogP) is 2.85. The van der Waals surface area contributed by atoms with Crippen LogP contribution >= 0.6 is 0 Å². The van der Waals surface area contributed by atoms with Gasteiger partial charge in [0, 0.05) is 18.2 Å². The van der Waals surface area contributed by atoms with Crippen LogP contribution in [0.25, 0.3) is 0 Å². The predicted molar refractivity (Wildman–Crippen MR) is 116 cm³/mol. The third-order valence-corrected chi connectivity index (χ3v) is 5.49. The number of carbonyl (C=O) groups excluding carboxylic acids is 2. The van der Waals surface area contributed by atoms with Crippen LogP contribution in [0.5, 0.6) is 5.75 Å². The molecule has 3 N–H and O–H groups in total. The molecule has 0 spiro atoms. The Hall–Kier alpha value is -3.85. The Morgan fingerprint density at radius 2 is 1.58 bits per heavy atom. The van der Waals surface area contributed by atoms with Crippen LogP contribution in [0.4, 0.5) is 5.69 Å². The molecule has 160 valence electrons. The molecule has 0 saturated heterocycles. The van der Waals surface area contributed by atoms with Crippen molar-refractivity contribution in [3.63, 3.8) is 0 Å². The van der Waals surface area contributed by atoms with Gasteiger partial charge in [-0.3, -0.25) is 25.2 Å². The molecule has 31 heavy (non-hydrogen) atoms. The van der Waals surface area contributed by atoms with Gasteiger partial charge in [-0.15, -0.1) is 0 Å². The second kappa shape index (κ2) is 9.77. The molecule has 0 aliphatic carbocycles. The molecule has 0 aliphatic rings. The summed E-state index contributed by atoms with van der Waals surface area (Å²) in [5, 5.41) is 0. The van der Waals surface area contributed by atoms with E-state index in [0.717, 1.165) is 5.56 Å². The molecule has 0 atom stereocenters. The number of nitrogens with one attached hydrogen (secondary N) is 3. The van der Waals surface area contributed by atoms with E-state index in [4.69, 9.17) is 4.74 Å². The number of benzene rings is 3. The van der Waals surface area contributed by atoms with E-state index in [9.17, 15) is 18.0 Å². The molecule has 0 heterocycles. The maximum Gasteiger partial charge on any atom is 0.269 e. The van der Waals surface area contributed by atoms with E-state index in [-0.39, 0.29) is 10.5 Å². The Balaban J connectivity index is 1.65. The number of rotatable bonds is 7. The molecule has 3 rings (SSSR count). The van der Waals surface area contributed by atoms with E-state index < -0.39 is 21.8 Å². The number of hydrazine groups is 1. The van der Waals surface area contributed by atoms with Crippen molar-refractivity contribution in [2.24, 2.45) is 0 Å². The fraction of sp³-hybridized carbons (Fsp3) is 0.0909. The average molecular weight is 439 g/mol. The summed E-state index contributed by atoms with van der Waals surface area (Å²) in [6.07, 6.45) is 0. The molecule has 3 aromatic rings. The van der Waals surface area contributed by atoms with E-state index in [1.54, 1.807) is 24.3 Å². The minimum Gasteiger partial charge on any atom is -0.489 e. The number of hydrogen-bond donors (Lipinski definition) is 3. The Morgan fingerprint density at radius 1 is 0.871 bits per heavy atom. The molecule has 3 aromatic carbocycles. The van der Waals surface area contributed by atoms with Crippen LogP contribution in [0.1, 0.15) is 22.8 Å². The van der Waals surface area contributed by atoms with E-state index in [2.05, 4.69) is 15.6 Å². The standard InChI is InChI=1S/C22H21N3O5S/c1-16(26)23-24-22(27)18-8-5-9-21(14-18)31(28,29)25-19-10-12-20(13-11-19)30-15-17-6-3-2-4-7-17/h2-14,25H,15H2,1H3,(H,23,26)(H,24,27). The summed E-state index contributed by atoms with van der Waals surface area (Å²) in [5.74, 6) is -0.481. The monoisotopic (exact) mass is 439 g/mol. The van der Waals surface area contributed by atoms with Crippen molar-refractivity contribution in [3.05, 3.63) is 90.0 Å². The van der Waals surface area contributed by atoms with Crippen LogP contribution in [0.3, 0.4) is 0 Å². The highest BCUT2D eigenvalue weighted by Gasteiger charge is 2.17. The molecule has 0 fully saturated rings. The third kappa shape index (κ3) is 6.31. The lowest BCUT2D eigenvalue weighted by Crippen LogP contribution is -2.40. The lowest BCUT2D eigenvalue weighted by atomic mass is 10.2. The zero-order chi connectivity index (χ0) is 22.3. The minimum absolute atomic E-state index is 0.0845. The first kappa shape index (κ1) is 21.8. The molecule has 2 amide bonds. The summed E-state index contributed by atoms with van der Waals surface area (Å²) in [6, 6.07) is 21.7. The van der Waals surface area contributed by atoms with Crippen molar-refractivity contribution in [2.45, 2.75) is 18.4 Å². The van der Waals surface area contributed by atoms with Gasteiger partial charge >= 0.3 is 0 Å². The number of hydrogen-bond acceptors (Lipinski definition) is 5. The molecule has 0 aromatic heterocycles. The fourth-order valence-electron chi connectivity index (χ4n) is 2.60. The Morgan fingerprint density at radius 3 is 2.26 bits per heavy atom. The summed E-state index contributed by atoms with van der Waals surface area (Å²) in [7, 11) is -3.93. The molecule has 9 heteroatoms. The lowest BCUT2D eigenvalue weighted by molar-refractivity contribution is -0.119. The van der Waals surface area contributed by atoms with Crippen molar-refractivity contribution in [1.29, 1.82) is 0 Å². The number of ether oxygens (including phenoxy) is 1. The molecular formula is C22H21N3O5S. The van der Waals surface area contributed by atoms with Crippen LogP contribution in [-0.2, 0) is 21.4 Å². The Labute approximate surface area is 180 Å². The van der Waals surface area contributed by atoms with Crippen LogP contribution < -0.4 is 20.3 Å². The number of amides is 2. The molecule has 0 saturated carbocycles. The zero-order valence-corrected chi connectivity index (χ0v) is 17.5. The van der Waals surface area contributed by atoms with E-state index >= 15 is 0 Å². The molecule has 0 aliphatic heterocycles. The van der Waals surface area contributed by atoms with E-state index in [1.807, 2.05) is 30.3 Å². The van der Waals surface area contributed by atoms with Crippen LogP contribution in [0.2, 0.25) is 0 Å². The highest BCUT2D eigenvalue weighted by molar-refractivity contribution is 7.92. The molecule has 0 radical (unpaired) electrons. The highest BCUT2D eigenvalue weighted by atomic mass is 32.2. The number of anilines is 1. The maximum atomic E-state index is 12.7. The zero-order valence-electron chi connectivity index (χ0n) is 16.7. The van der Waals surface area contributed by atoms with Gasteiger partial charge < -0.3 is 4.74 Å². The van der Waals surface area contributed by atoms with Crippen LogP contribution in [0.15, 0.2) is 83.8 Å². The number of carbonyl (C=O) groups is 2. The number of sulfonamides is 1. The molecule has 0 bridgehead atoms. The summed E-state index contributed by atoms with van der Waals surface area (Å²) < 4.78 is 33.5. The Kier molecular flexibility index (Phi) is 6.88. The minimum atomic E-state index is -3.93. The molecule has 0 unspecified atom stereocenters. The van der Waals surface area contributed by atoms with Gasteiger partial charge in [0.05, 0.1) is 4.90 Å². The van der Waals surface area contributed by atoms with Gasteiger partial charge in [0.2, 0.25) is 5.91 Å². The van der Waals surface area contributed by atoms with Gasteiger partial charge in [0.1, 0.15) is 12.4 Å². The largest absolute Gasteiger partial charge is 0.489 e. The van der Waals surface area contributed by atoms with E-state index in [1.165, 1.54) is 31.2 Å². The van der Waals surface area contributed by atoms with Crippen molar-refractivity contribution < 1.29 is 22.7 Å². The van der Waals surface area contributed by atoms with Gasteiger partial charge in [-0.25, -0.2) is 8.42 Å². The Bertz CT molecular complexity index is 1160. The summed E-state index contributed by atoms with van der Waals surface area (Å²) in [4.78, 5) is 22.8. The smallest absolute Gasteiger partial charge is 0.269 e. The van der Waals surface area contributed by atoms with Gasteiger partial charge in [0.25, 0.3) is 15.9 Å². The van der Waals surface area contributed by atoms with Crippen molar-refractivity contribution in [3.8, 4) is 5.75 Å². The fourth-order valence-corrected chi connectivity index (χ4v) is 3.70. The van der Waals surface area contributed by atoms with Gasteiger partial charge in [-0.05, 0) is 48.0 Å². The highest BCUT2D eigenvalue weighted by Crippen LogP contribution is 2.21. The molecule has 8 nitrogen and oxygen atoms in total. The average Bonchev–Trinajstić information content (AvgIpc) is 2.77. The summed E-state index contributed by atoms with van der Waals surface area (Å²) in [5.41, 5.74) is 5.80.